The van der Waals surface area contributed by atoms with Gasteiger partial charge >= 0.3 is 5.97 Å². The molecule has 0 atom stereocenters. The molecule has 0 aromatic heterocycles. The summed E-state index contributed by atoms with van der Waals surface area (Å²) in [6.45, 7) is 3.38. The first-order chi connectivity index (χ1) is 7.45. The van der Waals surface area contributed by atoms with Crippen molar-refractivity contribution in [2.24, 2.45) is 0 Å². The number of ether oxygens (including phenoxy) is 2. The summed E-state index contributed by atoms with van der Waals surface area (Å²) in [6.07, 6.45) is 0. The molecule has 0 amide bonds. The molecule has 86 valence electrons. The number of carbonyl (C=O) groups is 1. The molecule has 0 bridgehead atoms. The van der Waals surface area contributed by atoms with Crippen molar-refractivity contribution >= 4 is 40.8 Å². The highest BCUT2D eigenvalue weighted by Crippen LogP contribution is 2.34. The van der Waals surface area contributed by atoms with E-state index < -0.39 is 5.97 Å². The Bertz CT molecular complexity index is 443. The summed E-state index contributed by atoms with van der Waals surface area (Å²) in [6, 6.07) is 2.80. The molecule has 0 unspecified atom stereocenters. The Hall–Kier alpha value is -0.900. The highest BCUT2D eigenvalue weighted by atomic mass is 35.5. The molecule has 0 aliphatic heterocycles. The summed E-state index contributed by atoms with van der Waals surface area (Å²) in [4.78, 5) is 11.0. The molecule has 0 fully saturated rings. The first-order valence-electron chi connectivity index (χ1n) is 4.05. The molecule has 0 aliphatic carbocycles. The van der Waals surface area contributed by atoms with Crippen molar-refractivity contribution in [2.45, 2.75) is 0 Å². The van der Waals surface area contributed by atoms with Crippen LogP contribution in [-0.2, 0) is 9.53 Å². The van der Waals surface area contributed by atoms with Gasteiger partial charge in [0.2, 0.25) is 5.76 Å². The average Bonchev–Trinajstić information content (AvgIpc) is 2.24. The van der Waals surface area contributed by atoms with Gasteiger partial charge in [-0.3, -0.25) is 0 Å². The molecular weight excluding hydrogens is 274 g/mol. The number of methoxy groups -OCH3 is 1. The third-order valence-corrected chi connectivity index (χ3v) is 2.64. The van der Waals surface area contributed by atoms with Crippen molar-refractivity contribution in [3.8, 4) is 5.75 Å². The van der Waals surface area contributed by atoms with Gasteiger partial charge < -0.3 is 9.47 Å². The van der Waals surface area contributed by atoms with Crippen LogP contribution >= 0.6 is 34.8 Å². The molecule has 0 spiro atoms. The molecule has 1 aromatic carbocycles. The van der Waals surface area contributed by atoms with Crippen LogP contribution in [0.5, 0.6) is 5.75 Å². The number of hydrogen-bond acceptors (Lipinski definition) is 3. The topological polar surface area (TPSA) is 35.5 Å². The first kappa shape index (κ1) is 13.2. The Kier molecular flexibility index (Phi) is 4.47. The van der Waals surface area contributed by atoms with Gasteiger partial charge in [0, 0.05) is 6.07 Å². The Morgan fingerprint density at radius 3 is 2.31 bits per heavy atom. The van der Waals surface area contributed by atoms with Gasteiger partial charge in [-0.25, -0.2) is 4.79 Å². The van der Waals surface area contributed by atoms with Gasteiger partial charge in [-0.15, -0.1) is 0 Å². The number of halogens is 3. The second kappa shape index (κ2) is 5.43. The lowest BCUT2D eigenvalue weighted by atomic mass is 10.3. The standard InChI is InChI=1S/C10H7Cl3O3/c1-5(10(14)15-2)16-9-4-7(12)6(11)3-8(9)13/h3-4H,1H2,2H3. The molecule has 16 heavy (non-hydrogen) atoms. The molecule has 0 radical (unpaired) electrons. The maximum absolute atomic E-state index is 11.0. The molecule has 1 rings (SSSR count). The van der Waals surface area contributed by atoms with Gasteiger partial charge in [-0.1, -0.05) is 34.8 Å². The minimum Gasteiger partial charge on any atom is -0.463 e. The summed E-state index contributed by atoms with van der Waals surface area (Å²) in [7, 11) is 1.22. The van der Waals surface area contributed by atoms with Gasteiger partial charge in [0.1, 0.15) is 5.75 Å². The predicted molar refractivity (Wildman–Crippen MR) is 63.3 cm³/mol. The van der Waals surface area contributed by atoms with E-state index in [0.29, 0.717) is 5.02 Å². The fourth-order valence-corrected chi connectivity index (χ4v) is 1.45. The van der Waals surface area contributed by atoms with E-state index in [2.05, 4.69) is 11.3 Å². The van der Waals surface area contributed by atoms with Gasteiger partial charge in [0.15, 0.2) is 0 Å². The van der Waals surface area contributed by atoms with E-state index >= 15 is 0 Å². The third kappa shape index (κ3) is 3.04. The average molecular weight is 282 g/mol. The van der Waals surface area contributed by atoms with Gasteiger partial charge in [-0.05, 0) is 12.6 Å². The van der Waals surface area contributed by atoms with Crippen LogP contribution < -0.4 is 4.74 Å². The van der Waals surface area contributed by atoms with Crippen LogP contribution in [0, 0.1) is 0 Å². The number of rotatable bonds is 3. The number of esters is 1. The second-order valence-corrected chi connectivity index (χ2v) is 3.94. The van der Waals surface area contributed by atoms with Crippen LogP contribution in [0.3, 0.4) is 0 Å². The Balaban J connectivity index is 2.94. The molecule has 3 nitrogen and oxygen atoms in total. The van der Waals surface area contributed by atoms with Crippen LogP contribution in [0.25, 0.3) is 0 Å². The third-order valence-electron chi connectivity index (χ3n) is 1.62. The molecule has 0 aliphatic rings. The fraction of sp³-hybridized carbons (Fsp3) is 0.100. The van der Waals surface area contributed by atoms with E-state index in [4.69, 9.17) is 39.5 Å². The van der Waals surface area contributed by atoms with Crippen molar-refractivity contribution < 1.29 is 14.3 Å². The molecule has 6 heteroatoms. The summed E-state index contributed by atoms with van der Waals surface area (Å²) < 4.78 is 9.50. The smallest absolute Gasteiger partial charge is 0.373 e. The minimum atomic E-state index is -0.692. The zero-order valence-electron chi connectivity index (χ0n) is 8.22. The van der Waals surface area contributed by atoms with Crippen LogP contribution in [0.15, 0.2) is 24.5 Å². The predicted octanol–water partition coefficient (Wildman–Crippen LogP) is 3.71. The fourth-order valence-electron chi connectivity index (χ4n) is 0.871. The first-order valence-corrected chi connectivity index (χ1v) is 5.18. The Morgan fingerprint density at radius 1 is 1.19 bits per heavy atom. The van der Waals surface area contributed by atoms with E-state index in [0.717, 1.165) is 0 Å². The van der Waals surface area contributed by atoms with E-state index in [-0.39, 0.29) is 21.6 Å². The quantitative estimate of drug-likeness (QED) is 0.367. The minimum absolute atomic E-state index is 0.187. The SMILES string of the molecule is C=C(Oc1cc(Cl)c(Cl)cc1Cl)C(=O)OC. The number of benzene rings is 1. The lowest BCUT2D eigenvalue weighted by Crippen LogP contribution is -2.09. The Labute approximate surface area is 107 Å². The van der Waals surface area contributed by atoms with Crippen molar-refractivity contribution in [1.82, 2.24) is 0 Å². The summed E-state index contributed by atoms with van der Waals surface area (Å²) in [5, 5.41) is 0.779. The zero-order valence-corrected chi connectivity index (χ0v) is 10.5. The highest BCUT2D eigenvalue weighted by molar-refractivity contribution is 6.43. The van der Waals surface area contributed by atoms with Gasteiger partial charge in [-0.2, -0.15) is 0 Å². The number of carbonyl (C=O) groups excluding carboxylic acids is 1. The second-order valence-electron chi connectivity index (χ2n) is 2.71. The lowest BCUT2D eigenvalue weighted by molar-refractivity contribution is -0.138. The summed E-state index contributed by atoms with van der Waals surface area (Å²) in [5.41, 5.74) is 0. The lowest BCUT2D eigenvalue weighted by Gasteiger charge is -2.09. The molecule has 0 N–H and O–H groups in total. The largest absolute Gasteiger partial charge is 0.463 e. The molecule has 0 saturated heterocycles. The van der Waals surface area contributed by atoms with E-state index in [1.54, 1.807) is 0 Å². The highest BCUT2D eigenvalue weighted by Gasteiger charge is 2.13. The molecule has 0 saturated carbocycles. The van der Waals surface area contributed by atoms with Crippen LogP contribution in [0.1, 0.15) is 0 Å². The van der Waals surface area contributed by atoms with Crippen molar-refractivity contribution in [1.29, 1.82) is 0 Å². The molecule has 0 heterocycles. The van der Waals surface area contributed by atoms with Crippen LogP contribution in [0.2, 0.25) is 15.1 Å². The summed E-state index contributed by atoms with van der Waals surface area (Å²) in [5.74, 6) is -0.698. The zero-order chi connectivity index (χ0) is 12.3. The maximum atomic E-state index is 11.0. The van der Waals surface area contributed by atoms with E-state index in [1.807, 2.05) is 0 Å². The van der Waals surface area contributed by atoms with Crippen molar-refractivity contribution in [3.05, 3.63) is 39.5 Å². The van der Waals surface area contributed by atoms with Crippen LogP contribution in [-0.4, -0.2) is 13.1 Å². The maximum Gasteiger partial charge on any atom is 0.373 e. The van der Waals surface area contributed by atoms with Crippen molar-refractivity contribution in [3.63, 3.8) is 0 Å². The van der Waals surface area contributed by atoms with E-state index in [1.165, 1.54) is 19.2 Å². The normalized spacial score (nSPS) is 9.75. The van der Waals surface area contributed by atoms with Crippen molar-refractivity contribution in [2.75, 3.05) is 7.11 Å². The van der Waals surface area contributed by atoms with E-state index in [9.17, 15) is 4.79 Å². The molecule has 1 aromatic rings. The van der Waals surface area contributed by atoms with Gasteiger partial charge in [0.25, 0.3) is 0 Å². The summed E-state index contributed by atoms with van der Waals surface area (Å²) >= 11 is 17.3. The number of hydrogen-bond donors (Lipinski definition) is 0. The monoisotopic (exact) mass is 280 g/mol. The Morgan fingerprint density at radius 2 is 1.75 bits per heavy atom. The molecular formula is C10H7Cl3O3. The van der Waals surface area contributed by atoms with Gasteiger partial charge in [0.05, 0.1) is 22.2 Å². The van der Waals surface area contributed by atoms with Crippen LogP contribution in [0.4, 0.5) is 0 Å².